The first kappa shape index (κ1) is 8.42. The zero-order valence-corrected chi connectivity index (χ0v) is 7.51. The van der Waals surface area contributed by atoms with Gasteiger partial charge in [-0.05, 0) is 31.4 Å². The lowest BCUT2D eigenvalue weighted by molar-refractivity contribution is -0.109. The Balaban J connectivity index is 2.47. The average Bonchev–Trinajstić information content (AvgIpc) is 2.85. The molecule has 1 aliphatic rings. The van der Waals surface area contributed by atoms with Crippen molar-refractivity contribution >= 4 is 6.29 Å². The molecule has 0 atom stereocenters. The SMILES string of the molecule is Cc1ccc(C2(C=O)CC2)c(F)c1. The summed E-state index contributed by atoms with van der Waals surface area (Å²) in [5.41, 5.74) is 0.966. The third-order valence-electron chi connectivity index (χ3n) is 2.68. The summed E-state index contributed by atoms with van der Waals surface area (Å²) in [5.74, 6) is -0.246. The van der Waals surface area contributed by atoms with Crippen LogP contribution >= 0.6 is 0 Å². The van der Waals surface area contributed by atoms with E-state index in [1.54, 1.807) is 6.07 Å². The lowest BCUT2D eigenvalue weighted by Crippen LogP contribution is -2.10. The Labute approximate surface area is 76.6 Å². The van der Waals surface area contributed by atoms with Crippen molar-refractivity contribution in [3.63, 3.8) is 0 Å². The highest BCUT2D eigenvalue weighted by molar-refractivity contribution is 5.73. The highest BCUT2D eigenvalue weighted by Gasteiger charge is 2.45. The summed E-state index contributed by atoms with van der Waals surface area (Å²) in [4.78, 5) is 10.8. The number of aryl methyl sites for hydroxylation is 1. The lowest BCUT2D eigenvalue weighted by atomic mass is 9.96. The Kier molecular flexibility index (Phi) is 1.72. The van der Waals surface area contributed by atoms with Crippen LogP contribution in [-0.4, -0.2) is 6.29 Å². The molecular formula is C11H11FO. The van der Waals surface area contributed by atoms with Crippen LogP contribution in [0.3, 0.4) is 0 Å². The van der Waals surface area contributed by atoms with Crippen molar-refractivity contribution in [2.75, 3.05) is 0 Å². The molecule has 0 unspecified atom stereocenters. The molecule has 0 aromatic heterocycles. The van der Waals surface area contributed by atoms with E-state index >= 15 is 0 Å². The van der Waals surface area contributed by atoms with Crippen LogP contribution < -0.4 is 0 Å². The van der Waals surface area contributed by atoms with Gasteiger partial charge in [-0.15, -0.1) is 0 Å². The summed E-state index contributed by atoms with van der Waals surface area (Å²) in [6.07, 6.45) is 2.45. The van der Waals surface area contributed by atoms with E-state index in [9.17, 15) is 9.18 Å². The van der Waals surface area contributed by atoms with Crippen LogP contribution in [0.25, 0.3) is 0 Å². The number of carbonyl (C=O) groups is 1. The van der Waals surface area contributed by atoms with Crippen LogP contribution in [0.2, 0.25) is 0 Å². The minimum absolute atomic E-state index is 0.246. The molecule has 1 saturated carbocycles. The van der Waals surface area contributed by atoms with E-state index in [4.69, 9.17) is 0 Å². The maximum absolute atomic E-state index is 13.4. The van der Waals surface area contributed by atoms with Crippen LogP contribution in [0, 0.1) is 12.7 Å². The smallest absolute Gasteiger partial charge is 0.130 e. The number of hydrogen-bond donors (Lipinski definition) is 0. The molecule has 0 radical (unpaired) electrons. The van der Waals surface area contributed by atoms with Gasteiger partial charge in [0.25, 0.3) is 0 Å². The molecule has 0 amide bonds. The minimum Gasteiger partial charge on any atom is -0.302 e. The van der Waals surface area contributed by atoms with E-state index in [0.717, 1.165) is 24.7 Å². The molecule has 2 rings (SSSR count). The molecule has 0 aliphatic heterocycles. The molecule has 1 nitrogen and oxygen atoms in total. The topological polar surface area (TPSA) is 17.1 Å². The Hall–Kier alpha value is -1.18. The molecule has 1 fully saturated rings. The van der Waals surface area contributed by atoms with E-state index in [1.807, 2.05) is 13.0 Å². The maximum Gasteiger partial charge on any atom is 0.130 e. The van der Waals surface area contributed by atoms with Crippen molar-refractivity contribution in [3.05, 3.63) is 35.1 Å². The number of halogens is 1. The van der Waals surface area contributed by atoms with Crippen LogP contribution in [0.4, 0.5) is 4.39 Å². The third kappa shape index (κ3) is 1.26. The predicted molar refractivity (Wildman–Crippen MR) is 48.1 cm³/mol. The van der Waals surface area contributed by atoms with E-state index in [-0.39, 0.29) is 5.82 Å². The Morgan fingerprint density at radius 2 is 2.15 bits per heavy atom. The van der Waals surface area contributed by atoms with Crippen molar-refractivity contribution in [1.29, 1.82) is 0 Å². The minimum atomic E-state index is -0.488. The van der Waals surface area contributed by atoms with Crippen LogP contribution in [0.15, 0.2) is 18.2 Å². The molecule has 0 heterocycles. The van der Waals surface area contributed by atoms with Crippen molar-refractivity contribution in [2.24, 2.45) is 0 Å². The quantitative estimate of drug-likeness (QED) is 0.635. The van der Waals surface area contributed by atoms with Crippen molar-refractivity contribution in [1.82, 2.24) is 0 Å². The first-order valence-corrected chi connectivity index (χ1v) is 4.41. The molecular weight excluding hydrogens is 167 g/mol. The van der Waals surface area contributed by atoms with Crippen LogP contribution in [-0.2, 0) is 10.2 Å². The second kappa shape index (κ2) is 2.66. The summed E-state index contributed by atoms with van der Waals surface area (Å²) < 4.78 is 13.4. The summed E-state index contributed by atoms with van der Waals surface area (Å²) in [6, 6.07) is 5.06. The van der Waals surface area contributed by atoms with Gasteiger partial charge < -0.3 is 4.79 Å². The first-order chi connectivity index (χ1) is 6.18. The molecule has 1 aromatic rings. The molecule has 2 heteroatoms. The number of benzene rings is 1. The van der Waals surface area contributed by atoms with Gasteiger partial charge >= 0.3 is 0 Å². The Bertz CT molecular complexity index is 353. The van der Waals surface area contributed by atoms with E-state index < -0.39 is 5.41 Å². The van der Waals surface area contributed by atoms with Gasteiger partial charge in [0.05, 0.1) is 5.41 Å². The number of carbonyl (C=O) groups excluding carboxylic acids is 1. The molecule has 1 aromatic carbocycles. The van der Waals surface area contributed by atoms with Crippen LogP contribution in [0.5, 0.6) is 0 Å². The first-order valence-electron chi connectivity index (χ1n) is 4.41. The zero-order valence-electron chi connectivity index (χ0n) is 7.51. The van der Waals surface area contributed by atoms with Gasteiger partial charge in [0.2, 0.25) is 0 Å². The fourth-order valence-electron chi connectivity index (χ4n) is 1.61. The Morgan fingerprint density at radius 3 is 2.62 bits per heavy atom. The standard InChI is InChI=1S/C11H11FO/c1-8-2-3-9(10(12)6-8)11(7-13)4-5-11/h2-3,6-7H,4-5H2,1H3. The largest absolute Gasteiger partial charge is 0.302 e. The maximum atomic E-state index is 13.4. The monoisotopic (exact) mass is 178 g/mol. The van der Waals surface area contributed by atoms with Crippen molar-refractivity contribution in [3.8, 4) is 0 Å². The van der Waals surface area contributed by atoms with Gasteiger partial charge in [-0.3, -0.25) is 0 Å². The van der Waals surface area contributed by atoms with Gasteiger partial charge in [-0.25, -0.2) is 4.39 Å². The molecule has 0 bridgehead atoms. The second-order valence-electron chi connectivity index (χ2n) is 3.76. The van der Waals surface area contributed by atoms with Gasteiger partial charge in [0.15, 0.2) is 0 Å². The van der Waals surface area contributed by atoms with Gasteiger partial charge in [0.1, 0.15) is 12.1 Å². The number of hydrogen-bond acceptors (Lipinski definition) is 1. The van der Waals surface area contributed by atoms with E-state index in [2.05, 4.69) is 0 Å². The van der Waals surface area contributed by atoms with E-state index in [0.29, 0.717) is 5.56 Å². The Morgan fingerprint density at radius 1 is 1.46 bits per heavy atom. The predicted octanol–water partition coefficient (Wildman–Crippen LogP) is 2.36. The summed E-state index contributed by atoms with van der Waals surface area (Å²) >= 11 is 0. The van der Waals surface area contributed by atoms with Gasteiger partial charge in [-0.1, -0.05) is 12.1 Å². The normalized spacial score (nSPS) is 18.3. The average molecular weight is 178 g/mol. The summed E-state index contributed by atoms with van der Waals surface area (Å²) in [7, 11) is 0. The van der Waals surface area contributed by atoms with Crippen molar-refractivity contribution < 1.29 is 9.18 Å². The molecule has 13 heavy (non-hydrogen) atoms. The molecule has 68 valence electrons. The van der Waals surface area contributed by atoms with Crippen LogP contribution in [0.1, 0.15) is 24.0 Å². The molecule has 0 N–H and O–H groups in total. The molecule has 0 spiro atoms. The second-order valence-corrected chi connectivity index (χ2v) is 3.76. The van der Waals surface area contributed by atoms with Crippen molar-refractivity contribution in [2.45, 2.75) is 25.2 Å². The zero-order chi connectivity index (χ0) is 9.47. The fraction of sp³-hybridized carbons (Fsp3) is 0.364. The molecule has 1 aliphatic carbocycles. The summed E-state index contributed by atoms with van der Waals surface area (Å²) in [6.45, 7) is 1.84. The molecule has 0 saturated heterocycles. The third-order valence-corrected chi connectivity index (χ3v) is 2.68. The highest BCUT2D eigenvalue weighted by Crippen LogP contribution is 2.47. The van der Waals surface area contributed by atoms with Gasteiger partial charge in [-0.2, -0.15) is 0 Å². The fourth-order valence-corrected chi connectivity index (χ4v) is 1.61. The summed E-state index contributed by atoms with van der Waals surface area (Å²) in [5, 5.41) is 0. The lowest BCUT2D eigenvalue weighted by Gasteiger charge is -2.08. The number of rotatable bonds is 2. The van der Waals surface area contributed by atoms with Gasteiger partial charge in [0, 0.05) is 5.56 Å². The van der Waals surface area contributed by atoms with E-state index in [1.165, 1.54) is 6.07 Å². The number of aldehydes is 1. The highest BCUT2D eigenvalue weighted by atomic mass is 19.1.